The Balaban J connectivity index is 1.83. The van der Waals surface area contributed by atoms with E-state index in [2.05, 4.69) is 5.32 Å². The maximum atomic E-state index is 12.5. The van der Waals surface area contributed by atoms with Crippen molar-refractivity contribution in [1.82, 2.24) is 10.2 Å². The molecule has 21 heavy (non-hydrogen) atoms. The van der Waals surface area contributed by atoms with E-state index in [1.54, 1.807) is 12.1 Å². The summed E-state index contributed by atoms with van der Waals surface area (Å²) in [6.07, 6.45) is 0.602. The largest absolute Gasteiger partial charge is 0.478 e. The minimum absolute atomic E-state index is 0.0675. The fourth-order valence-corrected chi connectivity index (χ4v) is 2.89. The normalized spacial score (nSPS) is 17.0. The number of benzene rings is 1. The predicted molar refractivity (Wildman–Crippen MR) is 78.1 cm³/mol. The molecule has 0 saturated carbocycles. The van der Waals surface area contributed by atoms with Crippen molar-refractivity contribution in [3.8, 4) is 0 Å². The number of nitrogens with one attached hydrogen (secondary N) is 1. The number of rotatable bonds is 2. The molecule has 1 saturated heterocycles. The molecule has 1 aromatic carbocycles. The number of fused-ring (bicyclic) bond motifs is 1. The van der Waals surface area contributed by atoms with E-state index >= 15 is 0 Å². The van der Waals surface area contributed by atoms with E-state index in [4.69, 9.17) is 0 Å². The molecule has 3 rings (SSSR count). The second-order valence-corrected chi connectivity index (χ2v) is 5.56. The van der Waals surface area contributed by atoms with Crippen LogP contribution in [0.1, 0.15) is 28.4 Å². The Morgan fingerprint density at radius 2 is 2.05 bits per heavy atom. The van der Waals surface area contributed by atoms with Crippen LogP contribution in [0.2, 0.25) is 0 Å². The van der Waals surface area contributed by atoms with Gasteiger partial charge in [0.15, 0.2) is 0 Å². The number of nitrogens with zero attached hydrogens (tertiary/aromatic N) is 1. The second-order valence-electron chi connectivity index (χ2n) is 5.56. The lowest BCUT2D eigenvalue weighted by molar-refractivity contribution is -0.128. The first-order valence-electron chi connectivity index (χ1n) is 7.10. The summed E-state index contributed by atoms with van der Waals surface area (Å²) in [5.74, 6) is -0.830. The summed E-state index contributed by atoms with van der Waals surface area (Å²) in [6.45, 7) is 4.54. The van der Waals surface area contributed by atoms with Crippen LogP contribution in [0.5, 0.6) is 0 Å². The van der Waals surface area contributed by atoms with Crippen molar-refractivity contribution in [3.63, 3.8) is 0 Å². The summed E-state index contributed by atoms with van der Waals surface area (Å²) in [5.41, 5.74) is 4.17. The second kappa shape index (κ2) is 5.33. The summed E-state index contributed by atoms with van der Waals surface area (Å²) >= 11 is 0. The molecule has 2 aliphatic heterocycles. The van der Waals surface area contributed by atoms with Crippen molar-refractivity contribution in [2.75, 3.05) is 19.6 Å². The zero-order valence-corrected chi connectivity index (χ0v) is 12.0. The van der Waals surface area contributed by atoms with Crippen molar-refractivity contribution < 1.29 is 14.7 Å². The van der Waals surface area contributed by atoms with Crippen molar-refractivity contribution in [3.05, 3.63) is 46.0 Å². The highest BCUT2D eigenvalue weighted by Gasteiger charge is 2.26. The first-order valence-corrected chi connectivity index (χ1v) is 7.10. The molecule has 0 spiro atoms. The van der Waals surface area contributed by atoms with E-state index in [0.717, 1.165) is 29.8 Å². The number of hydrogen-bond donors (Lipinski definition) is 2. The van der Waals surface area contributed by atoms with Gasteiger partial charge in [0.1, 0.15) is 0 Å². The number of carboxylic acid groups (broad SMARTS) is 1. The van der Waals surface area contributed by atoms with Gasteiger partial charge in [-0.25, -0.2) is 4.79 Å². The lowest BCUT2D eigenvalue weighted by Gasteiger charge is -2.31. The SMILES string of the molecule is CC(C(=O)N1CCc2c(cccc2C(=O)O)C1)=C1CNC1. The Bertz CT molecular complexity index is 643. The smallest absolute Gasteiger partial charge is 0.335 e. The van der Waals surface area contributed by atoms with E-state index in [1.807, 2.05) is 17.9 Å². The quantitative estimate of drug-likeness (QED) is 0.801. The number of carbonyl (C=O) groups is 2. The Labute approximate surface area is 123 Å². The first kappa shape index (κ1) is 13.8. The molecular weight excluding hydrogens is 268 g/mol. The molecule has 1 amide bonds. The van der Waals surface area contributed by atoms with Crippen molar-refractivity contribution in [2.45, 2.75) is 19.9 Å². The van der Waals surface area contributed by atoms with E-state index in [9.17, 15) is 14.7 Å². The maximum Gasteiger partial charge on any atom is 0.335 e. The number of hydrogen-bond acceptors (Lipinski definition) is 3. The molecule has 0 aromatic heterocycles. The molecule has 5 nitrogen and oxygen atoms in total. The van der Waals surface area contributed by atoms with Gasteiger partial charge < -0.3 is 15.3 Å². The highest BCUT2D eigenvalue weighted by Crippen LogP contribution is 2.24. The lowest BCUT2D eigenvalue weighted by atomic mass is 9.93. The molecule has 0 radical (unpaired) electrons. The zero-order chi connectivity index (χ0) is 15.0. The summed E-state index contributed by atoms with van der Waals surface area (Å²) in [4.78, 5) is 25.5. The van der Waals surface area contributed by atoms with E-state index in [0.29, 0.717) is 25.1 Å². The van der Waals surface area contributed by atoms with Crippen LogP contribution in [0, 0.1) is 0 Å². The molecule has 2 heterocycles. The highest BCUT2D eigenvalue weighted by molar-refractivity contribution is 5.94. The molecule has 1 aromatic rings. The third kappa shape index (κ3) is 2.45. The molecule has 2 aliphatic rings. The lowest BCUT2D eigenvalue weighted by Crippen LogP contribution is -2.41. The Morgan fingerprint density at radius 3 is 2.67 bits per heavy atom. The summed E-state index contributed by atoms with van der Waals surface area (Å²) in [6, 6.07) is 5.29. The van der Waals surface area contributed by atoms with E-state index in [1.165, 1.54) is 5.57 Å². The number of carbonyl (C=O) groups excluding carboxylic acids is 1. The topological polar surface area (TPSA) is 69.6 Å². The number of amides is 1. The van der Waals surface area contributed by atoms with Gasteiger partial charge in [-0.1, -0.05) is 12.1 Å². The zero-order valence-electron chi connectivity index (χ0n) is 12.0. The van der Waals surface area contributed by atoms with Crippen molar-refractivity contribution in [2.24, 2.45) is 0 Å². The fourth-order valence-electron chi connectivity index (χ4n) is 2.89. The van der Waals surface area contributed by atoms with Gasteiger partial charge in [-0.05, 0) is 36.1 Å². The average molecular weight is 286 g/mol. The standard InChI is InChI=1S/C16H18N2O3/c1-10(12-7-17-8-12)15(19)18-6-5-13-11(9-18)3-2-4-14(13)16(20)21/h2-4,17H,5-9H2,1H3,(H,20,21). The molecule has 0 unspecified atom stereocenters. The fraction of sp³-hybridized carbons (Fsp3) is 0.375. The van der Waals surface area contributed by atoms with Crippen LogP contribution >= 0.6 is 0 Å². The van der Waals surface area contributed by atoms with Gasteiger partial charge in [0, 0.05) is 31.8 Å². The van der Waals surface area contributed by atoms with E-state index in [-0.39, 0.29) is 5.91 Å². The minimum atomic E-state index is -0.898. The highest BCUT2D eigenvalue weighted by atomic mass is 16.4. The molecule has 0 bridgehead atoms. The van der Waals surface area contributed by atoms with Gasteiger partial charge in [-0.15, -0.1) is 0 Å². The van der Waals surface area contributed by atoms with Gasteiger partial charge in [0.05, 0.1) is 5.56 Å². The summed E-state index contributed by atoms with van der Waals surface area (Å²) < 4.78 is 0. The molecule has 110 valence electrons. The predicted octanol–water partition coefficient (Wildman–Crippen LogP) is 1.19. The Hall–Kier alpha value is -2.14. The Kier molecular flexibility index (Phi) is 3.51. The molecule has 0 atom stereocenters. The summed E-state index contributed by atoms with van der Waals surface area (Å²) in [7, 11) is 0. The van der Waals surface area contributed by atoms with Crippen LogP contribution in [0.25, 0.3) is 0 Å². The molecule has 0 aliphatic carbocycles. The van der Waals surface area contributed by atoms with Crippen LogP contribution in [0.3, 0.4) is 0 Å². The minimum Gasteiger partial charge on any atom is -0.478 e. The van der Waals surface area contributed by atoms with Gasteiger partial charge in [0.2, 0.25) is 5.91 Å². The third-order valence-corrected chi connectivity index (χ3v) is 4.31. The molecule has 2 N–H and O–H groups in total. The van der Waals surface area contributed by atoms with Gasteiger partial charge >= 0.3 is 5.97 Å². The number of carboxylic acids is 1. The van der Waals surface area contributed by atoms with Crippen LogP contribution in [-0.2, 0) is 17.8 Å². The monoisotopic (exact) mass is 286 g/mol. The van der Waals surface area contributed by atoms with Gasteiger partial charge in [-0.3, -0.25) is 4.79 Å². The van der Waals surface area contributed by atoms with Crippen molar-refractivity contribution >= 4 is 11.9 Å². The van der Waals surface area contributed by atoms with Gasteiger partial charge in [0.25, 0.3) is 0 Å². The molecule has 1 fully saturated rings. The van der Waals surface area contributed by atoms with Crippen LogP contribution in [0.15, 0.2) is 29.3 Å². The molecular formula is C16H18N2O3. The number of aromatic carboxylic acids is 1. The average Bonchev–Trinajstić information content (AvgIpc) is 2.43. The van der Waals surface area contributed by atoms with Crippen molar-refractivity contribution in [1.29, 1.82) is 0 Å². The van der Waals surface area contributed by atoms with Crippen LogP contribution in [0.4, 0.5) is 0 Å². The maximum absolute atomic E-state index is 12.5. The van der Waals surface area contributed by atoms with Crippen LogP contribution in [-0.4, -0.2) is 41.5 Å². The first-order chi connectivity index (χ1) is 10.1. The summed E-state index contributed by atoms with van der Waals surface area (Å²) in [5, 5.41) is 12.4. The third-order valence-electron chi connectivity index (χ3n) is 4.31. The molecule has 5 heteroatoms. The Morgan fingerprint density at radius 1 is 1.29 bits per heavy atom. The van der Waals surface area contributed by atoms with E-state index < -0.39 is 5.97 Å². The van der Waals surface area contributed by atoms with Crippen LogP contribution < -0.4 is 5.32 Å². The van der Waals surface area contributed by atoms with Gasteiger partial charge in [-0.2, -0.15) is 0 Å².